The summed E-state index contributed by atoms with van der Waals surface area (Å²) < 4.78 is 32.2. The van der Waals surface area contributed by atoms with Crippen LogP contribution in [0.1, 0.15) is 19.4 Å². The van der Waals surface area contributed by atoms with Gasteiger partial charge in [0.15, 0.2) is 5.58 Å². The summed E-state index contributed by atoms with van der Waals surface area (Å²) in [5.74, 6) is 0.517. The molecule has 0 saturated carbocycles. The van der Waals surface area contributed by atoms with Crippen LogP contribution in [-0.4, -0.2) is 18.7 Å². The Morgan fingerprint density at radius 3 is 2.43 bits per heavy atom. The Bertz CT molecular complexity index is 942. The van der Waals surface area contributed by atoms with Crippen LogP contribution in [0, 0.1) is 6.92 Å². The van der Waals surface area contributed by atoms with Crippen molar-refractivity contribution in [2.45, 2.75) is 26.0 Å². The monoisotopic (exact) mass is 330 g/mol. The molecule has 1 aromatic heterocycles. The molecule has 0 aliphatic rings. The summed E-state index contributed by atoms with van der Waals surface area (Å²) in [6.07, 6.45) is 0. The highest BCUT2D eigenvalue weighted by molar-refractivity contribution is 7.93. The number of aromatic nitrogens is 1. The molecule has 0 fully saturated rings. The minimum absolute atomic E-state index is 0.481. The molecule has 0 aliphatic carbocycles. The largest absolute Gasteiger partial charge is 0.436 e. The van der Waals surface area contributed by atoms with Gasteiger partial charge in [0.05, 0.1) is 10.9 Å². The van der Waals surface area contributed by atoms with E-state index in [0.717, 1.165) is 11.1 Å². The third kappa shape index (κ3) is 3.22. The molecule has 0 bridgehead atoms. The highest BCUT2D eigenvalue weighted by atomic mass is 32.2. The predicted octanol–water partition coefficient (Wildman–Crippen LogP) is 3.95. The van der Waals surface area contributed by atoms with E-state index in [1.165, 1.54) is 0 Å². The molecular formula is C17H18N2O3S. The van der Waals surface area contributed by atoms with Crippen LogP contribution in [0.15, 0.2) is 46.9 Å². The molecule has 0 atom stereocenters. The molecule has 1 N–H and O–H groups in total. The normalized spacial score (nSPS) is 12.0. The van der Waals surface area contributed by atoms with E-state index < -0.39 is 15.3 Å². The molecular weight excluding hydrogens is 312 g/mol. The highest BCUT2D eigenvalue weighted by Gasteiger charge is 2.16. The summed E-state index contributed by atoms with van der Waals surface area (Å²) in [5.41, 5.74) is 3.76. The molecule has 0 amide bonds. The number of anilines is 1. The lowest BCUT2D eigenvalue weighted by Gasteiger charge is -2.10. The summed E-state index contributed by atoms with van der Waals surface area (Å²) in [7, 11) is -3.38. The third-order valence-electron chi connectivity index (χ3n) is 3.57. The molecule has 0 unspecified atom stereocenters. The van der Waals surface area contributed by atoms with Gasteiger partial charge >= 0.3 is 0 Å². The summed E-state index contributed by atoms with van der Waals surface area (Å²) in [4.78, 5) is 4.45. The molecule has 1 heterocycles. The zero-order valence-electron chi connectivity index (χ0n) is 13.2. The van der Waals surface area contributed by atoms with Crippen molar-refractivity contribution in [3.63, 3.8) is 0 Å². The lowest BCUT2D eigenvalue weighted by atomic mass is 10.1. The van der Waals surface area contributed by atoms with Crippen LogP contribution in [-0.2, 0) is 10.0 Å². The fraction of sp³-hybridized carbons (Fsp3) is 0.235. The second-order valence-electron chi connectivity index (χ2n) is 5.76. The van der Waals surface area contributed by atoms with Gasteiger partial charge in [0.1, 0.15) is 5.52 Å². The van der Waals surface area contributed by atoms with Gasteiger partial charge in [0, 0.05) is 5.56 Å². The molecule has 0 aliphatic heterocycles. The molecule has 2 aromatic carbocycles. The standard InChI is InChI=1S/C17H18N2O3S/c1-11(2)23(20,21)19-14-8-9-16-15(10-14)18-17(22-16)13-6-4-12(3)5-7-13/h4-11,19H,1-3H3. The maximum absolute atomic E-state index is 11.9. The Kier molecular flexibility index (Phi) is 3.85. The SMILES string of the molecule is Cc1ccc(-c2nc3cc(NS(=O)(=O)C(C)C)ccc3o2)cc1. The van der Waals surface area contributed by atoms with Crippen LogP contribution in [0.4, 0.5) is 5.69 Å². The number of rotatable bonds is 4. The van der Waals surface area contributed by atoms with Gasteiger partial charge in [0.25, 0.3) is 0 Å². The van der Waals surface area contributed by atoms with Crippen molar-refractivity contribution < 1.29 is 12.8 Å². The summed E-state index contributed by atoms with van der Waals surface area (Å²) in [6.45, 7) is 5.28. The van der Waals surface area contributed by atoms with Gasteiger partial charge < -0.3 is 4.42 Å². The lowest BCUT2D eigenvalue weighted by Crippen LogP contribution is -2.22. The number of aryl methyl sites for hydroxylation is 1. The summed E-state index contributed by atoms with van der Waals surface area (Å²) in [5, 5.41) is -0.501. The van der Waals surface area contributed by atoms with Crippen LogP contribution in [0.5, 0.6) is 0 Å². The van der Waals surface area contributed by atoms with Crippen molar-refractivity contribution >= 4 is 26.8 Å². The molecule has 6 heteroatoms. The van der Waals surface area contributed by atoms with E-state index in [9.17, 15) is 8.42 Å². The number of nitrogens with one attached hydrogen (secondary N) is 1. The second-order valence-corrected chi connectivity index (χ2v) is 8.00. The number of benzene rings is 2. The topological polar surface area (TPSA) is 72.2 Å². The van der Waals surface area contributed by atoms with Crippen molar-refractivity contribution in [3.8, 4) is 11.5 Å². The maximum atomic E-state index is 11.9. The smallest absolute Gasteiger partial charge is 0.235 e. The number of sulfonamides is 1. The van der Waals surface area contributed by atoms with Gasteiger partial charge in [0.2, 0.25) is 15.9 Å². The fourth-order valence-corrected chi connectivity index (χ4v) is 2.78. The second kappa shape index (κ2) is 5.70. The van der Waals surface area contributed by atoms with Crippen LogP contribution < -0.4 is 4.72 Å². The van der Waals surface area contributed by atoms with Crippen molar-refractivity contribution in [2.75, 3.05) is 4.72 Å². The molecule has 23 heavy (non-hydrogen) atoms. The maximum Gasteiger partial charge on any atom is 0.235 e. The van der Waals surface area contributed by atoms with Gasteiger partial charge in [-0.1, -0.05) is 17.7 Å². The van der Waals surface area contributed by atoms with E-state index in [-0.39, 0.29) is 0 Å². The molecule has 3 aromatic rings. The van der Waals surface area contributed by atoms with Gasteiger partial charge in [-0.15, -0.1) is 0 Å². The number of fused-ring (bicyclic) bond motifs is 1. The first-order valence-corrected chi connectivity index (χ1v) is 8.89. The molecule has 3 rings (SSSR count). The highest BCUT2D eigenvalue weighted by Crippen LogP contribution is 2.27. The molecule has 0 saturated heterocycles. The Hall–Kier alpha value is -2.34. The number of hydrogen-bond donors (Lipinski definition) is 1. The first-order valence-electron chi connectivity index (χ1n) is 7.34. The molecule has 120 valence electrons. The van der Waals surface area contributed by atoms with E-state index >= 15 is 0 Å². The first kappa shape index (κ1) is 15.6. The Balaban J connectivity index is 1.96. The predicted molar refractivity (Wildman–Crippen MR) is 91.9 cm³/mol. The van der Waals surface area contributed by atoms with Crippen molar-refractivity contribution in [1.29, 1.82) is 0 Å². The summed E-state index contributed by atoms with van der Waals surface area (Å²) >= 11 is 0. The van der Waals surface area contributed by atoms with Gasteiger partial charge in [-0.05, 0) is 51.1 Å². The van der Waals surface area contributed by atoms with Gasteiger partial charge in [-0.2, -0.15) is 0 Å². The number of nitrogens with zero attached hydrogens (tertiary/aromatic N) is 1. The van der Waals surface area contributed by atoms with Crippen LogP contribution in [0.25, 0.3) is 22.6 Å². The summed E-state index contributed by atoms with van der Waals surface area (Å²) in [6, 6.07) is 12.9. The van der Waals surface area contributed by atoms with Gasteiger partial charge in [-0.3, -0.25) is 4.72 Å². The van der Waals surface area contributed by atoms with E-state index in [1.807, 2.05) is 31.2 Å². The molecule has 5 nitrogen and oxygen atoms in total. The zero-order valence-corrected chi connectivity index (χ0v) is 14.0. The number of oxazole rings is 1. The minimum Gasteiger partial charge on any atom is -0.436 e. The average molecular weight is 330 g/mol. The third-order valence-corrected chi connectivity index (χ3v) is 5.33. The van der Waals surface area contributed by atoms with Crippen LogP contribution in [0.3, 0.4) is 0 Å². The van der Waals surface area contributed by atoms with Crippen LogP contribution >= 0.6 is 0 Å². The van der Waals surface area contributed by atoms with E-state index in [2.05, 4.69) is 9.71 Å². The van der Waals surface area contributed by atoms with Crippen LogP contribution in [0.2, 0.25) is 0 Å². The number of hydrogen-bond acceptors (Lipinski definition) is 4. The average Bonchev–Trinajstić information content (AvgIpc) is 2.90. The minimum atomic E-state index is -3.38. The van der Waals surface area contributed by atoms with Crippen molar-refractivity contribution in [2.24, 2.45) is 0 Å². The van der Waals surface area contributed by atoms with Crippen molar-refractivity contribution in [3.05, 3.63) is 48.0 Å². The Morgan fingerprint density at radius 2 is 1.78 bits per heavy atom. The molecule has 0 radical (unpaired) electrons. The Labute approximate surface area is 135 Å². The van der Waals surface area contributed by atoms with E-state index in [1.54, 1.807) is 32.0 Å². The zero-order chi connectivity index (χ0) is 16.6. The lowest BCUT2D eigenvalue weighted by molar-refractivity contribution is 0.592. The quantitative estimate of drug-likeness (QED) is 0.786. The van der Waals surface area contributed by atoms with E-state index in [0.29, 0.717) is 22.7 Å². The Morgan fingerprint density at radius 1 is 1.09 bits per heavy atom. The molecule has 0 spiro atoms. The van der Waals surface area contributed by atoms with Gasteiger partial charge in [-0.25, -0.2) is 13.4 Å². The van der Waals surface area contributed by atoms with E-state index in [4.69, 9.17) is 4.42 Å². The van der Waals surface area contributed by atoms with Crippen molar-refractivity contribution in [1.82, 2.24) is 4.98 Å². The fourth-order valence-electron chi connectivity index (χ4n) is 2.09. The first-order chi connectivity index (χ1) is 10.8.